The van der Waals surface area contributed by atoms with Gasteiger partial charge in [-0.1, -0.05) is 6.92 Å². The minimum absolute atomic E-state index is 0.00472. The van der Waals surface area contributed by atoms with Gasteiger partial charge in [-0.05, 0) is 12.8 Å². The highest BCUT2D eigenvalue weighted by molar-refractivity contribution is 7.91. The zero-order valence-electron chi connectivity index (χ0n) is 9.03. The highest BCUT2D eigenvalue weighted by Crippen LogP contribution is 1.94. The molecule has 0 aliphatic heterocycles. The van der Waals surface area contributed by atoms with Crippen molar-refractivity contribution in [3.8, 4) is 0 Å². The van der Waals surface area contributed by atoms with E-state index >= 15 is 0 Å². The second kappa shape index (κ2) is 7.64. The Morgan fingerprint density at radius 2 is 2.00 bits per heavy atom. The Bertz CT molecular complexity index is 274. The maximum atomic E-state index is 11.1. The SMILES string of the molecule is CCS(=O)(=O)CCNC(=O)CCCCO. The van der Waals surface area contributed by atoms with Gasteiger partial charge in [0.1, 0.15) is 0 Å². The maximum Gasteiger partial charge on any atom is 0.220 e. The molecule has 0 aliphatic rings. The number of aliphatic hydroxyl groups is 1. The predicted octanol–water partition coefficient (Wildman–Crippen LogP) is -0.300. The molecule has 0 aromatic heterocycles. The zero-order valence-corrected chi connectivity index (χ0v) is 9.85. The van der Waals surface area contributed by atoms with Crippen molar-refractivity contribution in [2.24, 2.45) is 0 Å². The number of amides is 1. The fourth-order valence-corrected chi connectivity index (χ4v) is 1.68. The van der Waals surface area contributed by atoms with E-state index in [4.69, 9.17) is 5.11 Å². The smallest absolute Gasteiger partial charge is 0.220 e. The molecule has 5 nitrogen and oxygen atoms in total. The summed E-state index contributed by atoms with van der Waals surface area (Å²) in [5.74, 6) is -0.0578. The minimum Gasteiger partial charge on any atom is -0.396 e. The minimum atomic E-state index is -3.00. The maximum absolute atomic E-state index is 11.1. The Morgan fingerprint density at radius 3 is 2.53 bits per heavy atom. The normalized spacial score (nSPS) is 11.3. The highest BCUT2D eigenvalue weighted by Gasteiger charge is 2.07. The summed E-state index contributed by atoms with van der Waals surface area (Å²) in [6.07, 6.45) is 1.57. The number of aliphatic hydroxyl groups excluding tert-OH is 1. The first-order valence-corrected chi connectivity index (χ1v) is 6.92. The van der Waals surface area contributed by atoms with Crippen molar-refractivity contribution in [2.75, 3.05) is 24.7 Å². The number of hydrogen-bond acceptors (Lipinski definition) is 4. The molecule has 0 saturated carbocycles. The van der Waals surface area contributed by atoms with Crippen LogP contribution in [0.4, 0.5) is 0 Å². The number of sulfone groups is 1. The molecule has 0 spiro atoms. The van der Waals surface area contributed by atoms with Crippen molar-refractivity contribution >= 4 is 15.7 Å². The lowest BCUT2D eigenvalue weighted by Gasteiger charge is -2.04. The van der Waals surface area contributed by atoms with E-state index in [0.29, 0.717) is 19.3 Å². The molecule has 1 amide bonds. The van der Waals surface area contributed by atoms with E-state index in [0.717, 1.165) is 0 Å². The molecule has 0 heterocycles. The van der Waals surface area contributed by atoms with E-state index in [1.165, 1.54) is 0 Å². The molecule has 0 radical (unpaired) electrons. The van der Waals surface area contributed by atoms with E-state index in [2.05, 4.69) is 5.32 Å². The number of hydrogen-bond donors (Lipinski definition) is 2. The Labute approximate surface area is 90.8 Å². The monoisotopic (exact) mass is 237 g/mol. The molecule has 2 N–H and O–H groups in total. The van der Waals surface area contributed by atoms with Gasteiger partial charge in [-0.15, -0.1) is 0 Å². The lowest BCUT2D eigenvalue weighted by Crippen LogP contribution is -2.29. The van der Waals surface area contributed by atoms with Gasteiger partial charge in [-0.2, -0.15) is 0 Å². The van der Waals surface area contributed by atoms with Crippen molar-refractivity contribution < 1.29 is 18.3 Å². The molecular weight excluding hydrogens is 218 g/mol. The van der Waals surface area contributed by atoms with Gasteiger partial charge in [-0.25, -0.2) is 8.42 Å². The fourth-order valence-electron chi connectivity index (χ4n) is 0.976. The second-order valence-electron chi connectivity index (χ2n) is 3.27. The van der Waals surface area contributed by atoms with Gasteiger partial charge in [0.2, 0.25) is 5.91 Å². The van der Waals surface area contributed by atoms with Gasteiger partial charge in [-0.3, -0.25) is 4.79 Å². The molecule has 0 aromatic carbocycles. The first kappa shape index (κ1) is 14.4. The van der Waals surface area contributed by atoms with E-state index in [-0.39, 0.29) is 30.6 Å². The van der Waals surface area contributed by atoms with Gasteiger partial charge in [0, 0.05) is 25.3 Å². The van der Waals surface area contributed by atoms with Crippen LogP contribution in [0.25, 0.3) is 0 Å². The zero-order chi connectivity index (χ0) is 11.7. The van der Waals surface area contributed by atoms with Gasteiger partial charge in [0.15, 0.2) is 9.84 Å². The average Bonchev–Trinajstić information content (AvgIpc) is 2.18. The third kappa shape index (κ3) is 8.38. The molecule has 0 rings (SSSR count). The van der Waals surface area contributed by atoms with Crippen LogP contribution in [-0.4, -0.2) is 44.1 Å². The first-order valence-electron chi connectivity index (χ1n) is 5.10. The van der Waals surface area contributed by atoms with Crippen molar-refractivity contribution in [1.82, 2.24) is 5.32 Å². The van der Waals surface area contributed by atoms with Crippen LogP contribution in [0.1, 0.15) is 26.2 Å². The van der Waals surface area contributed by atoms with Gasteiger partial charge in [0.25, 0.3) is 0 Å². The fraction of sp³-hybridized carbons (Fsp3) is 0.889. The molecule has 0 fully saturated rings. The number of carbonyl (C=O) groups excluding carboxylic acids is 1. The number of nitrogens with one attached hydrogen (secondary N) is 1. The largest absolute Gasteiger partial charge is 0.396 e. The van der Waals surface area contributed by atoms with Crippen molar-refractivity contribution in [2.45, 2.75) is 26.2 Å². The summed E-state index contributed by atoms with van der Waals surface area (Å²) in [7, 11) is -3.00. The highest BCUT2D eigenvalue weighted by atomic mass is 32.2. The lowest BCUT2D eigenvalue weighted by atomic mass is 10.2. The number of rotatable bonds is 8. The quantitative estimate of drug-likeness (QED) is 0.568. The predicted molar refractivity (Wildman–Crippen MR) is 58.3 cm³/mol. The summed E-state index contributed by atoms with van der Waals surface area (Å²) in [6.45, 7) is 1.84. The van der Waals surface area contributed by atoms with E-state index < -0.39 is 9.84 Å². The second-order valence-corrected chi connectivity index (χ2v) is 5.74. The van der Waals surface area contributed by atoms with Crippen LogP contribution in [0.15, 0.2) is 0 Å². The third-order valence-electron chi connectivity index (χ3n) is 1.99. The summed E-state index contributed by atoms with van der Waals surface area (Å²) >= 11 is 0. The summed E-state index contributed by atoms with van der Waals surface area (Å²) < 4.78 is 22.1. The Kier molecular flexibility index (Phi) is 7.33. The van der Waals surface area contributed by atoms with Crippen molar-refractivity contribution in [1.29, 1.82) is 0 Å². The first-order chi connectivity index (χ1) is 7.02. The molecule has 6 heteroatoms. The van der Waals surface area contributed by atoms with Crippen LogP contribution in [-0.2, 0) is 14.6 Å². The molecule has 90 valence electrons. The van der Waals surface area contributed by atoms with E-state index in [9.17, 15) is 13.2 Å². The molecule has 0 atom stereocenters. The van der Waals surface area contributed by atoms with Crippen molar-refractivity contribution in [3.63, 3.8) is 0 Å². The van der Waals surface area contributed by atoms with Crippen LogP contribution in [0.2, 0.25) is 0 Å². The molecule has 15 heavy (non-hydrogen) atoms. The molecule has 0 aromatic rings. The average molecular weight is 237 g/mol. The standard InChI is InChI=1S/C9H19NO4S/c1-2-15(13,14)8-6-10-9(12)5-3-4-7-11/h11H,2-8H2,1H3,(H,10,12). The third-order valence-corrected chi connectivity index (χ3v) is 3.69. The van der Waals surface area contributed by atoms with Crippen LogP contribution in [0, 0.1) is 0 Å². The van der Waals surface area contributed by atoms with Crippen LogP contribution < -0.4 is 5.32 Å². The molecule has 0 aliphatic carbocycles. The Morgan fingerprint density at radius 1 is 1.33 bits per heavy atom. The lowest BCUT2D eigenvalue weighted by molar-refractivity contribution is -0.121. The van der Waals surface area contributed by atoms with Crippen LogP contribution in [0.3, 0.4) is 0 Å². The Balaban J connectivity index is 3.55. The summed E-state index contributed by atoms with van der Waals surface area (Å²) in [4.78, 5) is 11.1. The molecule has 0 saturated heterocycles. The molecule has 0 unspecified atom stereocenters. The summed E-state index contributed by atoms with van der Waals surface area (Å²) in [5.41, 5.74) is 0. The molecule has 0 bridgehead atoms. The van der Waals surface area contributed by atoms with Gasteiger partial charge >= 0.3 is 0 Å². The van der Waals surface area contributed by atoms with Crippen LogP contribution >= 0.6 is 0 Å². The van der Waals surface area contributed by atoms with Crippen LogP contribution in [0.5, 0.6) is 0 Å². The summed E-state index contributed by atoms with van der Waals surface area (Å²) in [6, 6.07) is 0. The summed E-state index contributed by atoms with van der Waals surface area (Å²) in [5, 5.41) is 11.0. The van der Waals surface area contributed by atoms with Gasteiger partial charge in [0.05, 0.1) is 5.75 Å². The van der Waals surface area contributed by atoms with E-state index in [1.54, 1.807) is 6.92 Å². The van der Waals surface area contributed by atoms with E-state index in [1.807, 2.05) is 0 Å². The van der Waals surface area contributed by atoms with Gasteiger partial charge < -0.3 is 10.4 Å². The molecular formula is C9H19NO4S. The number of carbonyl (C=O) groups is 1. The topological polar surface area (TPSA) is 83.5 Å². The van der Waals surface area contributed by atoms with Crippen molar-refractivity contribution in [3.05, 3.63) is 0 Å². The Hall–Kier alpha value is -0.620. The number of unbranched alkanes of at least 4 members (excludes halogenated alkanes) is 1.